The number of esters is 1. The van der Waals surface area contributed by atoms with Gasteiger partial charge in [0.1, 0.15) is 0 Å². The van der Waals surface area contributed by atoms with E-state index >= 15 is 0 Å². The van der Waals surface area contributed by atoms with Crippen LogP contribution >= 0.6 is 23.2 Å². The fourth-order valence-electron chi connectivity index (χ4n) is 4.12. The van der Waals surface area contributed by atoms with Gasteiger partial charge in [-0.05, 0) is 24.3 Å². The number of ketones is 1. The molecule has 182 valence electrons. The summed E-state index contributed by atoms with van der Waals surface area (Å²) in [5, 5.41) is 0.252. The van der Waals surface area contributed by atoms with Crippen LogP contribution in [0.3, 0.4) is 0 Å². The standard InChI is InChI=1S/C29H17Cl2NO5/c30-22-15-20-21(16-23(22)31)28(35)32(27(20)34)24-14-8-7-13-19(24)29(36)37-26(18-11-5-2-6-12-18)25(33)17-9-3-1-4-10-17/h1-16,26H/t26-/m0/s1. The van der Waals surface area contributed by atoms with E-state index in [0.717, 1.165) is 4.90 Å². The largest absolute Gasteiger partial charge is 0.445 e. The minimum absolute atomic E-state index is 0.0184. The van der Waals surface area contributed by atoms with Crippen molar-refractivity contribution < 1.29 is 23.9 Å². The van der Waals surface area contributed by atoms with Crippen LogP contribution in [0.5, 0.6) is 0 Å². The Morgan fingerprint density at radius 1 is 0.703 bits per heavy atom. The van der Waals surface area contributed by atoms with Gasteiger partial charge in [0.25, 0.3) is 11.8 Å². The Morgan fingerprint density at radius 3 is 1.81 bits per heavy atom. The summed E-state index contributed by atoms with van der Waals surface area (Å²) in [5.74, 6) is -2.60. The van der Waals surface area contributed by atoms with Crippen LogP contribution in [0.2, 0.25) is 10.0 Å². The topological polar surface area (TPSA) is 80.8 Å². The average Bonchev–Trinajstić information content (AvgIpc) is 3.16. The summed E-state index contributed by atoms with van der Waals surface area (Å²) in [6, 6.07) is 25.8. The molecular formula is C29H17Cl2NO5. The molecule has 0 unspecified atom stereocenters. The molecule has 0 N–H and O–H groups in total. The number of nitrogens with zero attached hydrogens (tertiary/aromatic N) is 1. The van der Waals surface area contributed by atoms with E-state index in [0.29, 0.717) is 11.1 Å². The summed E-state index contributed by atoms with van der Waals surface area (Å²) >= 11 is 12.1. The summed E-state index contributed by atoms with van der Waals surface area (Å²) in [6.07, 6.45) is -1.25. The fourth-order valence-corrected chi connectivity index (χ4v) is 4.45. The second kappa shape index (κ2) is 10.0. The lowest BCUT2D eigenvalue weighted by Crippen LogP contribution is -2.31. The molecule has 1 atom stereocenters. The van der Waals surface area contributed by atoms with Crippen LogP contribution in [0, 0.1) is 0 Å². The molecule has 0 saturated heterocycles. The van der Waals surface area contributed by atoms with Crippen LogP contribution in [0.4, 0.5) is 5.69 Å². The van der Waals surface area contributed by atoms with Crippen LogP contribution in [0.1, 0.15) is 53.1 Å². The molecule has 1 aliphatic heterocycles. The van der Waals surface area contributed by atoms with Gasteiger partial charge in [0, 0.05) is 11.1 Å². The Balaban J connectivity index is 1.51. The van der Waals surface area contributed by atoms with Crippen LogP contribution in [-0.2, 0) is 4.74 Å². The number of carbonyl (C=O) groups is 4. The zero-order chi connectivity index (χ0) is 26.1. The Labute approximate surface area is 222 Å². The minimum atomic E-state index is -1.25. The van der Waals surface area contributed by atoms with Gasteiger partial charge in [-0.3, -0.25) is 14.4 Å². The van der Waals surface area contributed by atoms with E-state index in [1.165, 1.54) is 24.3 Å². The SMILES string of the molecule is O=C(O[C@H](C(=O)c1ccccc1)c1ccccc1)c1ccccc1N1C(=O)c2cc(Cl)c(Cl)cc2C1=O. The van der Waals surface area contributed by atoms with E-state index in [9.17, 15) is 19.2 Å². The highest BCUT2D eigenvalue weighted by atomic mass is 35.5. The molecule has 0 saturated carbocycles. The molecule has 1 heterocycles. The lowest BCUT2D eigenvalue weighted by molar-refractivity contribution is 0.0281. The van der Waals surface area contributed by atoms with Crippen molar-refractivity contribution in [2.75, 3.05) is 4.90 Å². The molecule has 0 aliphatic carbocycles. The van der Waals surface area contributed by atoms with Gasteiger partial charge in [0.15, 0.2) is 6.10 Å². The Morgan fingerprint density at radius 2 is 1.22 bits per heavy atom. The summed E-state index contributed by atoms with van der Waals surface area (Å²) in [4.78, 5) is 54.1. The summed E-state index contributed by atoms with van der Waals surface area (Å²) in [7, 11) is 0. The summed E-state index contributed by atoms with van der Waals surface area (Å²) < 4.78 is 5.74. The Kier molecular flexibility index (Phi) is 6.61. The summed E-state index contributed by atoms with van der Waals surface area (Å²) in [6.45, 7) is 0. The molecule has 0 aromatic heterocycles. The number of hydrogen-bond acceptors (Lipinski definition) is 5. The molecule has 8 heteroatoms. The summed E-state index contributed by atoms with van der Waals surface area (Å²) in [5.41, 5.74) is 0.952. The number of rotatable bonds is 6. The lowest BCUT2D eigenvalue weighted by Gasteiger charge is -2.21. The van der Waals surface area contributed by atoms with Crippen LogP contribution < -0.4 is 4.90 Å². The van der Waals surface area contributed by atoms with Crippen molar-refractivity contribution in [1.82, 2.24) is 0 Å². The second-order valence-corrected chi connectivity index (χ2v) is 9.02. The first-order valence-electron chi connectivity index (χ1n) is 11.2. The normalized spacial score (nSPS) is 13.3. The number of imide groups is 1. The van der Waals surface area contributed by atoms with Crippen molar-refractivity contribution in [3.05, 3.63) is 135 Å². The van der Waals surface area contributed by atoms with Gasteiger partial charge in [0.2, 0.25) is 5.78 Å². The number of para-hydroxylation sites is 1. The number of fused-ring (bicyclic) bond motifs is 1. The quantitative estimate of drug-likeness (QED) is 0.160. The number of carbonyl (C=O) groups excluding carboxylic acids is 4. The maximum Gasteiger partial charge on any atom is 0.341 e. The molecule has 1 aliphatic rings. The maximum absolute atomic E-state index is 13.5. The van der Waals surface area contributed by atoms with Gasteiger partial charge in [-0.15, -0.1) is 0 Å². The molecule has 5 rings (SSSR count). The number of anilines is 1. The monoisotopic (exact) mass is 529 g/mol. The Hall–Kier alpha value is -4.26. The smallest absolute Gasteiger partial charge is 0.341 e. The first kappa shape index (κ1) is 24.4. The van der Waals surface area contributed by atoms with Gasteiger partial charge in [-0.1, -0.05) is 96.0 Å². The highest BCUT2D eigenvalue weighted by Crippen LogP contribution is 2.36. The highest BCUT2D eigenvalue weighted by Gasteiger charge is 2.39. The molecule has 2 amide bonds. The third kappa shape index (κ3) is 4.53. The van der Waals surface area contributed by atoms with E-state index in [2.05, 4.69) is 0 Å². The van der Waals surface area contributed by atoms with Crippen molar-refractivity contribution in [3.63, 3.8) is 0 Å². The number of amides is 2. The molecule has 6 nitrogen and oxygen atoms in total. The van der Waals surface area contributed by atoms with Gasteiger partial charge >= 0.3 is 5.97 Å². The molecular weight excluding hydrogens is 513 g/mol. The van der Waals surface area contributed by atoms with Crippen molar-refractivity contribution in [2.45, 2.75) is 6.10 Å². The number of Topliss-reactive ketones (excluding diaryl/α,β-unsaturated/α-hetero) is 1. The zero-order valence-corrected chi connectivity index (χ0v) is 20.6. The number of hydrogen-bond donors (Lipinski definition) is 0. The van der Waals surface area contributed by atoms with Gasteiger partial charge in [-0.25, -0.2) is 9.69 Å². The van der Waals surface area contributed by atoms with Gasteiger partial charge < -0.3 is 4.74 Å². The molecule has 0 spiro atoms. The highest BCUT2D eigenvalue weighted by molar-refractivity contribution is 6.44. The van der Waals surface area contributed by atoms with E-state index in [1.807, 2.05) is 0 Å². The number of benzene rings is 4. The van der Waals surface area contributed by atoms with Crippen LogP contribution in [-0.4, -0.2) is 23.6 Å². The fraction of sp³-hybridized carbons (Fsp3) is 0.0345. The third-order valence-electron chi connectivity index (χ3n) is 5.92. The number of ether oxygens (including phenoxy) is 1. The van der Waals surface area contributed by atoms with Crippen molar-refractivity contribution in [2.24, 2.45) is 0 Å². The van der Waals surface area contributed by atoms with Crippen molar-refractivity contribution in [3.8, 4) is 0 Å². The molecule has 4 aromatic carbocycles. The zero-order valence-electron chi connectivity index (χ0n) is 19.1. The number of halogens is 2. The van der Waals surface area contributed by atoms with Crippen LogP contribution in [0.25, 0.3) is 0 Å². The molecule has 0 bridgehead atoms. The first-order chi connectivity index (χ1) is 17.9. The minimum Gasteiger partial charge on any atom is -0.445 e. The predicted molar refractivity (Wildman–Crippen MR) is 139 cm³/mol. The van der Waals surface area contributed by atoms with Gasteiger partial charge in [-0.2, -0.15) is 0 Å². The third-order valence-corrected chi connectivity index (χ3v) is 6.64. The average molecular weight is 530 g/mol. The van der Waals surface area contributed by atoms with Crippen molar-refractivity contribution >= 4 is 52.5 Å². The molecule has 4 aromatic rings. The van der Waals surface area contributed by atoms with E-state index in [4.69, 9.17) is 27.9 Å². The van der Waals surface area contributed by atoms with Crippen molar-refractivity contribution in [1.29, 1.82) is 0 Å². The predicted octanol–water partition coefficient (Wildman–Crippen LogP) is 6.58. The first-order valence-corrected chi connectivity index (χ1v) is 11.9. The van der Waals surface area contributed by atoms with E-state index in [-0.39, 0.29) is 32.4 Å². The van der Waals surface area contributed by atoms with Gasteiger partial charge in [0.05, 0.1) is 32.4 Å². The maximum atomic E-state index is 13.5. The lowest BCUT2D eigenvalue weighted by atomic mass is 9.99. The molecule has 37 heavy (non-hydrogen) atoms. The molecule has 0 fully saturated rings. The Bertz CT molecular complexity index is 1510. The second-order valence-electron chi connectivity index (χ2n) is 8.20. The van der Waals surface area contributed by atoms with E-state index in [1.54, 1.807) is 72.8 Å². The van der Waals surface area contributed by atoms with E-state index < -0.39 is 29.7 Å². The molecule has 0 radical (unpaired) electrons. The van der Waals surface area contributed by atoms with Crippen LogP contribution in [0.15, 0.2) is 97.1 Å².